The van der Waals surface area contributed by atoms with Crippen molar-refractivity contribution in [3.63, 3.8) is 0 Å². The molecule has 1 aliphatic rings. The molecule has 1 unspecified atom stereocenters. The molecule has 2 rings (SSSR count). The lowest BCUT2D eigenvalue weighted by molar-refractivity contribution is -0.144. The minimum atomic E-state index is -0.715. The Hall–Kier alpha value is -0.940. The van der Waals surface area contributed by atoms with E-state index < -0.39 is 5.97 Å². The average Bonchev–Trinajstić information content (AvgIpc) is 2.29. The molecule has 1 aliphatic heterocycles. The number of likely N-dealkylation sites (tertiary alicyclic amines) is 1. The third-order valence-electron chi connectivity index (χ3n) is 3.05. The van der Waals surface area contributed by atoms with Gasteiger partial charge in [-0.15, -0.1) is 0 Å². The Morgan fingerprint density at radius 1 is 1.53 bits per heavy atom. The van der Waals surface area contributed by atoms with Crippen LogP contribution in [-0.4, -0.2) is 33.5 Å². The van der Waals surface area contributed by atoms with Crippen molar-refractivity contribution in [1.82, 2.24) is 9.88 Å². The van der Waals surface area contributed by atoms with Crippen molar-refractivity contribution in [1.29, 1.82) is 0 Å². The number of nitrogens with zero attached hydrogens (tertiary/aromatic N) is 2. The first-order chi connectivity index (χ1) is 8.16. The van der Waals surface area contributed by atoms with Crippen molar-refractivity contribution in [2.75, 3.05) is 6.54 Å². The van der Waals surface area contributed by atoms with Crippen LogP contribution in [0.15, 0.2) is 22.9 Å². The van der Waals surface area contributed by atoms with E-state index in [0.717, 1.165) is 35.8 Å². The van der Waals surface area contributed by atoms with E-state index in [-0.39, 0.29) is 6.04 Å². The fourth-order valence-corrected chi connectivity index (χ4v) is 2.65. The molecular weight excluding hydrogens is 284 g/mol. The predicted octanol–water partition coefficient (Wildman–Crippen LogP) is 2.28. The standard InChI is InChI=1S/C12H15BrN2O2/c13-10-5-9(6-14-7-10)8-15-4-2-1-3-11(15)12(16)17/h5-7,11H,1-4,8H2,(H,16,17). The highest BCUT2D eigenvalue weighted by Crippen LogP contribution is 2.20. The van der Waals surface area contributed by atoms with Crippen LogP contribution in [0, 0.1) is 0 Å². The third kappa shape index (κ3) is 3.26. The van der Waals surface area contributed by atoms with Crippen LogP contribution >= 0.6 is 15.9 Å². The molecule has 4 nitrogen and oxygen atoms in total. The fraction of sp³-hybridized carbons (Fsp3) is 0.500. The van der Waals surface area contributed by atoms with Crippen LogP contribution in [0.2, 0.25) is 0 Å². The molecule has 1 atom stereocenters. The van der Waals surface area contributed by atoms with E-state index in [0.29, 0.717) is 6.54 Å². The number of hydrogen-bond donors (Lipinski definition) is 1. The highest BCUT2D eigenvalue weighted by molar-refractivity contribution is 9.10. The molecule has 1 N–H and O–H groups in total. The van der Waals surface area contributed by atoms with Gasteiger partial charge in [-0.1, -0.05) is 6.42 Å². The minimum absolute atomic E-state index is 0.345. The second-order valence-corrected chi connectivity index (χ2v) is 5.25. The van der Waals surface area contributed by atoms with Gasteiger partial charge in [0, 0.05) is 23.4 Å². The molecular formula is C12H15BrN2O2. The summed E-state index contributed by atoms with van der Waals surface area (Å²) in [5.41, 5.74) is 1.05. The zero-order valence-electron chi connectivity index (χ0n) is 9.47. The van der Waals surface area contributed by atoms with Crippen LogP contribution in [0.3, 0.4) is 0 Å². The molecule has 1 saturated heterocycles. The number of carboxylic acid groups (broad SMARTS) is 1. The molecule has 1 aromatic heterocycles. The Morgan fingerprint density at radius 3 is 3.06 bits per heavy atom. The molecule has 5 heteroatoms. The summed E-state index contributed by atoms with van der Waals surface area (Å²) in [5.74, 6) is -0.715. The topological polar surface area (TPSA) is 53.4 Å². The van der Waals surface area contributed by atoms with Crippen LogP contribution in [0.1, 0.15) is 24.8 Å². The molecule has 0 aromatic carbocycles. The highest BCUT2D eigenvalue weighted by atomic mass is 79.9. The van der Waals surface area contributed by atoms with Crippen LogP contribution in [0.5, 0.6) is 0 Å². The Balaban J connectivity index is 2.08. The number of carbonyl (C=O) groups is 1. The SMILES string of the molecule is O=C(O)C1CCCCN1Cc1cncc(Br)c1. The number of pyridine rings is 1. The van der Waals surface area contributed by atoms with Crippen LogP contribution in [0.25, 0.3) is 0 Å². The number of aliphatic carboxylic acids is 1. The number of hydrogen-bond acceptors (Lipinski definition) is 3. The Labute approximate surface area is 109 Å². The zero-order chi connectivity index (χ0) is 12.3. The van der Waals surface area contributed by atoms with Crippen molar-refractivity contribution < 1.29 is 9.90 Å². The lowest BCUT2D eigenvalue weighted by Gasteiger charge is -2.32. The van der Waals surface area contributed by atoms with Crippen molar-refractivity contribution in [2.24, 2.45) is 0 Å². The van der Waals surface area contributed by atoms with Gasteiger partial charge in [-0.05, 0) is 46.9 Å². The van der Waals surface area contributed by atoms with Gasteiger partial charge < -0.3 is 5.11 Å². The number of piperidine rings is 1. The van der Waals surface area contributed by atoms with Gasteiger partial charge in [0.05, 0.1) is 0 Å². The minimum Gasteiger partial charge on any atom is -0.480 e. The molecule has 92 valence electrons. The fourth-order valence-electron chi connectivity index (χ4n) is 2.24. The first kappa shape index (κ1) is 12.5. The zero-order valence-corrected chi connectivity index (χ0v) is 11.1. The maximum atomic E-state index is 11.2. The Kier molecular flexibility index (Phi) is 4.12. The maximum absolute atomic E-state index is 11.2. The van der Waals surface area contributed by atoms with Gasteiger partial charge in [0.25, 0.3) is 0 Å². The average molecular weight is 299 g/mol. The molecule has 17 heavy (non-hydrogen) atoms. The van der Waals surface area contributed by atoms with Crippen molar-refractivity contribution in [2.45, 2.75) is 31.8 Å². The van der Waals surface area contributed by atoms with Crippen molar-refractivity contribution >= 4 is 21.9 Å². The molecule has 0 bridgehead atoms. The van der Waals surface area contributed by atoms with E-state index >= 15 is 0 Å². The van der Waals surface area contributed by atoms with Gasteiger partial charge >= 0.3 is 5.97 Å². The molecule has 0 aliphatic carbocycles. The molecule has 0 radical (unpaired) electrons. The molecule has 2 heterocycles. The smallest absolute Gasteiger partial charge is 0.320 e. The summed E-state index contributed by atoms with van der Waals surface area (Å²) in [6.07, 6.45) is 6.35. The summed E-state index contributed by atoms with van der Waals surface area (Å²) in [5, 5.41) is 9.17. The molecule has 0 saturated carbocycles. The molecule has 0 amide bonds. The molecule has 1 aromatic rings. The highest BCUT2D eigenvalue weighted by Gasteiger charge is 2.28. The van der Waals surface area contributed by atoms with Gasteiger partial charge in [0.1, 0.15) is 6.04 Å². The first-order valence-electron chi connectivity index (χ1n) is 5.73. The summed E-state index contributed by atoms with van der Waals surface area (Å²) in [6, 6.07) is 1.64. The Morgan fingerprint density at radius 2 is 2.35 bits per heavy atom. The van der Waals surface area contributed by atoms with Crippen molar-refractivity contribution in [3.05, 3.63) is 28.5 Å². The number of carboxylic acids is 1. The van der Waals surface area contributed by atoms with E-state index in [1.807, 2.05) is 11.0 Å². The summed E-state index contributed by atoms with van der Waals surface area (Å²) < 4.78 is 0.930. The molecule has 1 fully saturated rings. The second kappa shape index (κ2) is 5.60. The van der Waals surface area contributed by atoms with Crippen LogP contribution in [0.4, 0.5) is 0 Å². The number of aromatic nitrogens is 1. The molecule has 0 spiro atoms. The second-order valence-electron chi connectivity index (χ2n) is 4.33. The van der Waals surface area contributed by atoms with E-state index in [4.69, 9.17) is 0 Å². The number of rotatable bonds is 3. The lowest BCUT2D eigenvalue weighted by Crippen LogP contribution is -2.44. The van der Waals surface area contributed by atoms with Crippen molar-refractivity contribution in [3.8, 4) is 0 Å². The van der Waals surface area contributed by atoms with Gasteiger partial charge in [-0.25, -0.2) is 0 Å². The van der Waals surface area contributed by atoms with E-state index in [1.54, 1.807) is 12.4 Å². The number of halogens is 1. The lowest BCUT2D eigenvalue weighted by atomic mass is 10.0. The summed E-state index contributed by atoms with van der Waals surface area (Å²) in [6.45, 7) is 1.51. The quantitative estimate of drug-likeness (QED) is 0.930. The van der Waals surface area contributed by atoms with Gasteiger partial charge in [0.2, 0.25) is 0 Å². The maximum Gasteiger partial charge on any atom is 0.320 e. The largest absolute Gasteiger partial charge is 0.480 e. The normalized spacial score (nSPS) is 21.4. The van der Waals surface area contributed by atoms with Gasteiger partial charge in [0.15, 0.2) is 0 Å². The Bertz CT molecular complexity index is 411. The third-order valence-corrected chi connectivity index (χ3v) is 3.48. The monoisotopic (exact) mass is 298 g/mol. The summed E-state index contributed by atoms with van der Waals surface area (Å²) in [4.78, 5) is 17.3. The summed E-state index contributed by atoms with van der Waals surface area (Å²) >= 11 is 3.37. The predicted molar refractivity (Wildman–Crippen MR) is 67.6 cm³/mol. The first-order valence-corrected chi connectivity index (χ1v) is 6.52. The van der Waals surface area contributed by atoms with Crippen LogP contribution in [-0.2, 0) is 11.3 Å². The van der Waals surface area contributed by atoms with Gasteiger partial charge in [-0.3, -0.25) is 14.7 Å². The van der Waals surface area contributed by atoms with Crippen LogP contribution < -0.4 is 0 Å². The summed E-state index contributed by atoms with van der Waals surface area (Å²) in [7, 11) is 0. The van der Waals surface area contributed by atoms with Gasteiger partial charge in [-0.2, -0.15) is 0 Å². The van der Waals surface area contributed by atoms with E-state index in [1.165, 1.54) is 0 Å². The van der Waals surface area contributed by atoms with E-state index in [2.05, 4.69) is 20.9 Å². The van der Waals surface area contributed by atoms with E-state index in [9.17, 15) is 9.90 Å².